The van der Waals surface area contributed by atoms with Gasteiger partial charge < -0.3 is 5.32 Å². The molecule has 0 unspecified atom stereocenters. The Kier molecular flexibility index (Phi) is 5.09. The molecule has 0 saturated heterocycles. The van der Waals surface area contributed by atoms with E-state index in [4.69, 9.17) is 12.2 Å². The van der Waals surface area contributed by atoms with Gasteiger partial charge in [0, 0.05) is 11.3 Å². The van der Waals surface area contributed by atoms with Gasteiger partial charge in [-0.15, -0.1) is 0 Å². The fourth-order valence-electron chi connectivity index (χ4n) is 0.484. The summed E-state index contributed by atoms with van der Waals surface area (Å²) in [5, 5.41) is 3.75. The molecule has 0 bridgehead atoms. The van der Waals surface area contributed by atoms with Crippen molar-refractivity contribution < 1.29 is 0 Å². The van der Waals surface area contributed by atoms with Gasteiger partial charge >= 0.3 is 0 Å². The van der Waals surface area contributed by atoms with Gasteiger partial charge in [0.15, 0.2) is 0 Å². The van der Waals surface area contributed by atoms with E-state index < -0.39 is 0 Å². The maximum absolute atomic E-state index is 5.06. The molecule has 1 nitrogen and oxygen atoms in total. The number of thioether (sulfide) groups is 1. The molecule has 0 aromatic rings. The highest BCUT2D eigenvalue weighted by molar-refractivity contribution is 8.23. The molecular weight excluding hydrogens is 162 g/mol. The standard InChI is InChI=1S/C7H15NS2/c1-5(2)8-7(9)10-6(3)4/h5-6H,1-4H3,(H,8,9). The summed E-state index contributed by atoms with van der Waals surface area (Å²) in [4.78, 5) is 0. The van der Waals surface area contributed by atoms with Crippen molar-refractivity contribution in [2.45, 2.75) is 39.0 Å². The van der Waals surface area contributed by atoms with E-state index in [1.165, 1.54) is 0 Å². The summed E-state index contributed by atoms with van der Waals surface area (Å²) in [6, 6.07) is 0.457. The third kappa shape index (κ3) is 6.36. The number of hydrogen-bond donors (Lipinski definition) is 1. The van der Waals surface area contributed by atoms with Crippen molar-refractivity contribution in [2.75, 3.05) is 0 Å². The zero-order valence-electron chi connectivity index (χ0n) is 6.97. The monoisotopic (exact) mass is 177 g/mol. The molecule has 0 aliphatic heterocycles. The second-order valence-electron chi connectivity index (χ2n) is 2.75. The minimum atomic E-state index is 0.457. The van der Waals surface area contributed by atoms with Crippen molar-refractivity contribution in [3.8, 4) is 0 Å². The van der Waals surface area contributed by atoms with Gasteiger partial charge in [-0.25, -0.2) is 0 Å². The lowest BCUT2D eigenvalue weighted by Gasteiger charge is -2.11. The van der Waals surface area contributed by atoms with E-state index in [1.807, 2.05) is 0 Å². The Morgan fingerprint density at radius 1 is 1.30 bits per heavy atom. The van der Waals surface area contributed by atoms with Gasteiger partial charge in [0.2, 0.25) is 0 Å². The van der Waals surface area contributed by atoms with Crippen LogP contribution in [0.25, 0.3) is 0 Å². The van der Waals surface area contributed by atoms with Gasteiger partial charge in [0.05, 0.1) is 0 Å². The molecular formula is C7H15NS2. The summed E-state index contributed by atoms with van der Waals surface area (Å²) in [7, 11) is 0. The molecule has 60 valence electrons. The molecule has 0 radical (unpaired) electrons. The van der Waals surface area contributed by atoms with Gasteiger partial charge in [-0.3, -0.25) is 0 Å². The van der Waals surface area contributed by atoms with Crippen molar-refractivity contribution >= 4 is 28.3 Å². The van der Waals surface area contributed by atoms with Gasteiger partial charge in [0.25, 0.3) is 0 Å². The highest BCUT2D eigenvalue weighted by atomic mass is 32.2. The first-order chi connectivity index (χ1) is 4.52. The van der Waals surface area contributed by atoms with E-state index in [9.17, 15) is 0 Å². The van der Waals surface area contributed by atoms with Crippen LogP contribution in [0, 0.1) is 0 Å². The number of rotatable bonds is 2. The van der Waals surface area contributed by atoms with E-state index in [0.717, 1.165) is 4.32 Å². The predicted octanol–water partition coefficient (Wildman–Crippen LogP) is 2.41. The van der Waals surface area contributed by atoms with Gasteiger partial charge in [-0.05, 0) is 13.8 Å². The van der Waals surface area contributed by atoms with Gasteiger partial charge in [-0.2, -0.15) is 0 Å². The molecule has 0 aromatic heterocycles. The van der Waals surface area contributed by atoms with Crippen LogP contribution >= 0.6 is 24.0 Å². The highest BCUT2D eigenvalue weighted by Crippen LogP contribution is 2.10. The molecule has 3 heteroatoms. The summed E-state index contributed by atoms with van der Waals surface area (Å²) >= 11 is 6.76. The summed E-state index contributed by atoms with van der Waals surface area (Å²) in [6.45, 7) is 8.46. The summed E-state index contributed by atoms with van der Waals surface area (Å²) < 4.78 is 0.907. The van der Waals surface area contributed by atoms with Crippen LogP contribution in [-0.4, -0.2) is 15.6 Å². The number of thiocarbonyl (C=S) groups is 1. The number of nitrogens with one attached hydrogen (secondary N) is 1. The van der Waals surface area contributed by atoms with Gasteiger partial charge in [-0.1, -0.05) is 37.8 Å². The molecule has 10 heavy (non-hydrogen) atoms. The van der Waals surface area contributed by atoms with E-state index >= 15 is 0 Å². The Balaban J connectivity index is 3.44. The summed E-state index contributed by atoms with van der Waals surface area (Å²) in [5.74, 6) is 0. The summed E-state index contributed by atoms with van der Waals surface area (Å²) in [5.41, 5.74) is 0. The van der Waals surface area contributed by atoms with Crippen LogP contribution in [0.4, 0.5) is 0 Å². The van der Waals surface area contributed by atoms with Crippen LogP contribution in [0.5, 0.6) is 0 Å². The Bertz CT molecular complexity index is 98.2. The average Bonchev–Trinajstić information content (AvgIpc) is 1.58. The number of hydrogen-bond acceptors (Lipinski definition) is 2. The van der Waals surface area contributed by atoms with E-state index in [0.29, 0.717) is 11.3 Å². The largest absolute Gasteiger partial charge is 0.369 e. The fraction of sp³-hybridized carbons (Fsp3) is 0.857. The third-order valence-corrected chi connectivity index (χ3v) is 1.96. The maximum Gasteiger partial charge on any atom is 0.134 e. The smallest absolute Gasteiger partial charge is 0.134 e. The van der Waals surface area contributed by atoms with Crippen molar-refractivity contribution in [2.24, 2.45) is 0 Å². The minimum absolute atomic E-state index is 0.457. The molecule has 0 heterocycles. The first-order valence-electron chi connectivity index (χ1n) is 3.49. The molecule has 1 N–H and O–H groups in total. The second kappa shape index (κ2) is 4.97. The van der Waals surface area contributed by atoms with E-state index in [2.05, 4.69) is 33.0 Å². The molecule has 0 rings (SSSR count). The highest BCUT2D eigenvalue weighted by Gasteiger charge is 2.01. The van der Waals surface area contributed by atoms with E-state index in [1.54, 1.807) is 11.8 Å². The SMILES string of the molecule is CC(C)NC(=S)SC(C)C. The molecule has 0 amide bonds. The van der Waals surface area contributed by atoms with Crippen molar-refractivity contribution in [1.82, 2.24) is 5.32 Å². The molecule has 0 fully saturated rings. The van der Waals surface area contributed by atoms with Crippen molar-refractivity contribution in [1.29, 1.82) is 0 Å². The summed E-state index contributed by atoms with van der Waals surface area (Å²) in [6.07, 6.45) is 0. The zero-order valence-corrected chi connectivity index (χ0v) is 8.60. The lowest BCUT2D eigenvalue weighted by Crippen LogP contribution is -2.27. The molecule has 0 atom stereocenters. The van der Waals surface area contributed by atoms with Crippen molar-refractivity contribution in [3.05, 3.63) is 0 Å². The molecule has 0 saturated carbocycles. The van der Waals surface area contributed by atoms with Crippen LogP contribution < -0.4 is 5.32 Å². The lowest BCUT2D eigenvalue weighted by molar-refractivity contribution is 0.746. The van der Waals surface area contributed by atoms with Crippen LogP contribution in [-0.2, 0) is 0 Å². The Morgan fingerprint density at radius 2 is 1.80 bits per heavy atom. The van der Waals surface area contributed by atoms with Gasteiger partial charge in [0.1, 0.15) is 4.32 Å². The average molecular weight is 177 g/mol. The molecule has 0 aromatic carbocycles. The Labute approximate surface area is 73.0 Å². The minimum Gasteiger partial charge on any atom is -0.369 e. The second-order valence-corrected chi connectivity index (χ2v) is 5.01. The molecule has 0 aliphatic rings. The van der Waals surface area contributed by atoms with Crippen LogP contribution in [0.1, 0.15) is 27.7 Å². The van der Waals surface area contributed by atoms with Crippen LogP contribution in [0.2, 0.25) is 0 Å². The predicted molar refractivity (Wildman–Crippen MR) is 53.6 cm³/mol. The molecule has 0 aliphatic carbocycles. The third-order valence-electron chi connectivity index (χ3n) is 0.749. The first-order valence-corrected chi connectivity index (χ1v) is 4.78. The van der Waals surface area contributed by atoms with E-state index in [-0.39, 0.29) is 0 Å². The Morgan fingerprint density at radius 3 is 2.10 bits per heavy atom. The van der Waals surface area contributed by atoms with Crippen LogP contribution in [0.15, 0.2) is 0 Å². The van der Waals surface area contributed by atoms with Crippen molar-refractivity contribution in [3.63, 3.8) is 0 Å². The fourth-order valence-corrected chi connectivity index (χ4v) is 2.03. The normalized spacial score (nSPS) is 10.6. The topological polar surface area (TPSA) is 12.0 Å². The maximum atomic E-state index is 5.06. The zero-order chi connectivity index (χ0) is 8.15. The quantitative estimate of drug-likeness (QED) is 0.651. The van der Waals surface area contributed by atoms with Crippen LogP contribution in [0.3, 0.4) is 0 Å². The lowest BCUT2D eigenvalue weighted by atomic mass is 10.4. The first kappa shape index (κ1) is 10.2. The Hall–Kier alpha value is 0.240. The molecule has 0 spiro atoms.